The third-order valence-electron chi connectivity index (χ3n) is 8.68. The van der Waals surface area contributed by atoms with Crippen LogP contribution in [0.25, 0.3) is 0 Å². The largest absolute Gasteiger partial charge is 0.388 e. The van der Waals surface area contributed by atoms with Gasteiger partial charge in [0.2, 0.25) is 0 Å². The van der Waals surface area contributed by atoms with Gasteiger partial charge in [0, 0.05) is 6.61 Å². The average Bonchev–Trinajstić information content (AvgIpc) is 3.11. The van der Waals surface area contributed by atoms with Crippen molar-refractivity contribution in [2.75, 3.05) is 6.61 Å². The van der Waals surface area contributed by atoms with E-state index in [-0.39, 0.29) is 0 Å². The van der Waals surface area contributed by atoms with Crippen LogP contribution in [0.3, 0.4) is 0 Å². The molecule has 0 spiro atoms. The molecule has 0 aromatic rings. The molecule has 2 aliphatic carbocycles. The van der Waals surface area contributed by atoms with Gasteiger partial charge in [-0.25, -0.2) is 0 Å². The second-order valence-electron chi connectivity index (χ2n) is 10.6. The first-order valence-electron chi connectivity index (χ1n) is 13.1. The van der Waals surface area contributed by atoms with Gasteiger partial charge in [-0.1, -0.05) is 76.0 Å². The molecule has 2 saturated carbocycles. The number of hydrogen-bond acceptors (Lipinski definition) is 2. The summed E-state index contributed by atoms with van der Waals surface area (Å²) in [5.41, 5.74) is 4.18. The Hall–Kier alpha value is -0.860. The second-order valence-corrected chi connectivity index (χ2v) is 10.6. The first kappa shape index (κ1) is 26.4. The maximum atomic E-state index is 10.2. The molecule has 31 heavy (non-hydrogen) atoms. The summed E-state index contributed by atoms with van der Waals surface area (Å²) >= 11 is 0. The topological polar surface area (TPSA) is 29.5 Å². The molecular formula is C29H50O2. The van der Waals surface area contributed by atoms with Crippen molar-refractivity contribution >= 4 is 0 Å². The molecule has 0 aliphatic heterocycles. The number of ether oxygens (including phenoxy) is 1. The summed E-state index contributed by atoms with van der Waals surface area (Å²) < 4.78 is 6.42. The number of aliphatic hydroxyl groups is 1. The van der Waals surface area contributed by atoms with E-state index in [9.17, 15) is 5.11 Å². The minimum atomic E-state index is -0.421. The molecule has 5 unspecified atom stereocenters. The molecule has 178 valence electrons. The molecule has 2 fully saturated rings. The zero-order valence-corrected chi connectivity index (χ0v) is 21.4. The molecule has 0 aromatic heterocycles. The fourth-order valence-corrected chi connectivity index (χ4v) is 6.26. The van der Waals surface area contributed by atoms with Crippen LogP contribution in [0.15, 0.2) is 35.5 Å². The van der Waals surface area contributed by atoms with Crippen molar-refractivity contribution in [1.82, 2.24) is 0 Å². The summed E-state index contributed by atoms with van der Waals surface area (Å²) in [5.74, 6) is 2.17. The van der Waals surface area contributed by atoms with Crippen molar-refractivity contribution in [2.24, 2.45) is 23.2 Å². The first-order valence-corrected chi connectivity index (χ1v) is 13.1. The van der Waals surface area contributed by atoms with Crippen LogP contribution in [0.4, 0.5) is 0 Å². The monoisotopic (exact) mass is 430 g/mol. The summed E-state index contributed by atoms with van der Waals surface area (Å²) in [6, 6.07) is 0. The van der Waals surface area contributed by atoms with E-state index in [0.717, 1.165) is 24.5 Å². The third-order valence-corrected chi connectivity index (χ3v) is 8.68. The molecule has 0 amide bonds. The highest BCUT2D eigenvalue weighted by Gasteiger charge is 2.51. The number of rotatable bonds is 12. The van der Waals surface area contributed by atoms with E-state index in [1.807, 2.05) is 6.92 Å². The summed E-state index contributed by atoms with van der Waals surface area (Å²) in [5, 5.41) is 10.2. The van der Waals surface area contributed by atoms with E-state index < -0.39 is 6.10 Å². The minimum absolute atomic E-state index is 0.358. The van der Waals surface area contributed by atoms with Crippen LogP contribution in [0.1, 0.15) is 106 Å². The Labute approximate surface area is 193 Å². The van der Waals surface area contributed by atoms with Crippen molar-refractivity contribution in [3.63, 3.8) is 0 Å². The van der Waals surface area contributed by atoms with Gasteiger partial charge in [-0.2, -0.15) is 0 Å². The molecule has 5 atom stereocenters. The van der Waals surface area contributed by atoms with Crippen LogP contribution in [-0.2, 0) is 4.74 Å². The van der Waals surface area contributed by atoms with Gasteiger partial charge in [-0.05, 0) is 88.4 Å². The van der Waals surface area contributed by atoms with Gasteiger partial charge in [-0.3, -0.25) is 0 Å². The highest BCUT2D eigenvalue weighted by Crippen LogP contribution is 2.58. The predicted octanol–water partition coefficient (Wildman–Crippen LogP) is 8.02. The van der Waals surface area contributed by atoms with Crippen LogP contribution in [-0.4, -0.2) is 23.9 Å². The fraction of sp³-hybridized carbons (Fsp3) is 0.793. The van der Waals surface area contributed by atoms with Crippen LogP contribution >= 0.6 is 0 Å². The SMILES string of the molecule is C=C(C)C(O)CC(=CC=C1CCCC2(C)C1CCC2C(C)OCCC(CC)CC)CC. The highest BCUT2D eigenvalue weighted by atomic mass is 16.5. The van der Waals surface area contributed by atoms with Gasteiger partial charge in [0.25, 0.3) is 0 Å². The summed E-state index contributed by atoms with van der Waals surface area (Å²) in [7, 11) is 0. The second kappa shape index (κ2) is 12.4. The zero-order chi connectivity index (χ0) is 23.0. The lowest BCUT2D eigenvalue weighted by atomic mass is 9.62. The Morgan fingerprint density at radius 2 is 1.97 bits per heavy atom. The Kier molecular flexibility index (Phi) is 10.6. The molecule has 2 rings (SSSR count). The van der Waals surface area contributed by atoms with Crippen LogP contribution in [0.2, 0.25) is 0 Å². The Morgan fingerprint density at radius 3 is 2.58 bits per heavy atom. The molecule has 0 bridgehead atoms. The van der Waals surface area contributed by atoms with Crippen molar-refractivity contribution in [3.8, 4) is 0 Å². The lowest BCUT2D eigenvalue weighted by molar-refractivity contribution is -0.0291. The first-order chi connectivity index (χ1) is 14.8. The normalized spacial score (nSPS) is 29.9. The van der Waals surface area contributed by atoms with Gasteiger partial charge in [-0.15, -0.1) is 0 Å². The molecule has 2 nitrogen and oxygen atoms in total. The summed E-state index contributed by atoms with van der Waals surface area (Å²) in [6.45, 7) is 18.4. The van der Waals surface area contributed by atoms with Crippen molar-refractivity contribution < 1.29 is 9.84 Å². The van der Waals surface area contributed by atoms with Gasteiger partial charge in [0.1, 0.15) is 0 Å². The Bertz CT molecular complexity index is 627. The quantitative estimate of drug-likeness (QED) is 0.318. The van der Waals surface area contributed by atoms with E-state index in [1.165, 1.54) is 56.9 Å². The van der Waals surface area contributed by atoms with E-state index in [4.69, 9.17) is 4.74 Å². The summed E-state index contributed by atoms with van der Waals surface area (Å²) in [6.07, 6.45) is 16.5. The zero-order valence-electron chi connectivity index (χ0n) is 21.4. The number of aliphatic hydroxyl groups excluding tert-OH is 1. The smallest absolute Gasteiger partial charge is 0.0782 e. The van der Waals surface area contributed by atoms with Crippen LogP contribution in [0.5, 0.6) is 0 Å². The minimum Gasteiger partial charge on any atom is -0.388 e. The molecule has 2 heteroatoms. The van der Waals surface area contributed by atoms with E-state index in [1.54, 1.807) is 5.57 Å². The predicted molar refractivity (Wildman–Crippen MR) is 134 cm³/mol. The van der Waals surface area contributed by atoms with Gasteiger partial charge >= 0.3 is 0 Å². The molecule has 0 radical (unpaired) electrons. The molecule has 1 N–H and O–H groups in total. The molecule has 0 aromatic carbocycles. The van der Waals surface area contributed by atoms with Crippen molar-refractivity contribution in [2.45, 2.75) is 118 Å². The summed E-state index contributed by atoms with van der Waals surface area (Å²) in [4.78, 5) is 0. The van der Waals surface area contributed by atoms with Crippen molar-refractivity contribution in [1.29, 1.82) is 0 Å². The molecule has 0 heterocycles. The Morgan fingerprint density at radius 1 is 1.26 bits per heavy atom. The Balaban J connectivity index is 2.05. The van der Waals surface area contributed by atoms with Gasteiger partial charge in [0.05, 0.1) is 12.2 Å². The average molecular weight is 431 g/mol. The van der Waals surface area contributed by atoms with Crippen molar-refractivity contribution in [3.05, 3.63) is 35.5 Å². The number of fused-ring (bicyclic) bond motifs is 1. The molecule has 2 aliphatic rings. The number of hydrogen-bond donors (Lipinski definition) is 1. The molecule has 0 saturated heterocycles. The van der Waals surface area contributed by atoms with Gasteiger partial charge in [0.15, 0.2) is 0 Å². The van der Waals surface area contributed by atoms with Crippen LogP contribution < -0.4 is 0 Å². The fourth-order valence-electron chi connectivity index (χ4n) is 6.26. The highest BCUT2D eigenvalue weighted by molar-refractivity contribution is 5.26. The maximum absolute atomic E-state index is 10.2. The van der Waals surface area contributed by atoms with E-state index in [2.05, 4.69) is 53.3 Å². The third kappa shape index (κ3) is 6.81. The lowest BCUT2D eigenvalue weighted by Crippen LogP contribution is -2.38. The van der Waals surface area contributed by atoms with Gasteiger partial charge < -0.3 is 9.84 Å². The molecular weight excluding hydrogens is 380 g/mol. The standard InChI is InChI=1S/C29H50O2/c1-8-23(9-2)17-19-31-22(6)26-15-16-27-25(12-11-18-29(26,27)7)14-13-24(10-3)20-28(30)21(4)5/h13-14,22-23,26-28,30H,4,8-12,15-20H2,1-3,5-7H3. The van der Waals surface area contributed by atoms with Crippen LogP contribution in [0, 0.1) is 23.2 Å². The van der Waals surface area contributed by atoms with E-state index >= 15 is 0 Å². The lowest BCUT2D eigenvalue weighted by Gasteiger charge is -2.44. The maximum Gasteiger partial charge on any atom is 0.0782 e. The number of allylic oxidation sites excluding steroid dienone is 3. The van der Waals surface area contributed by atoms with E-state index in [0.29, 0.717) is 29.8 Å².